The summed E-state index contributed by atoms with van der Waals surface area (Å²) in [5.41, 5.74) is 7.19. The third-order valence-electron chi connectivity index (χ3n) is 2.80. The van der Waals surface area contributed by atoms with Gasteiger partial charge in [0.05, 0.1) is 7.11 Å². The van der Waals surface area contributed by atoms with Gasteiger partial charge in [0.25, 0.3) is 0 Å². The van der Waals surface area contributed by atoms with Crippen LogP contribution in [0.15, 0.2) is 33.6 Å². The van der Waals surface area contributed by atoms with Crippen LogP contribution in [0.4, 0.5) is 5.69 Å². The molecule has 6 heteroatoms. The van der Waals surface area contributed by atoms with Crippen LogP contribution in [-0.4, -0.2) is 18.2 Å². The molecule has 0 amide bonds. The predicted molar refractivity (Wildman–Crippen MR) is 77.4 cm³/mol. The average Bonchev–Trinajstić information content (AvgIpc) is 2.79. The molecule has 0 aliphatic rings. The molecular formula is C14H15NO4S. The van der Waals surface area contributed by atoms with Gasteiger partial charge in [-0.25, -0.2) is 4.79 Å². The van der Waals surface area contributed by atoms with Crippen molar-refractivity contribution in [1.82, 2.24) is 0 Å². The van der Waals surface area contributed by atoms with Crippen molar-refractivity contribution in [3.05, 3.63) is 41.3 Å². The van der Waals surface area contributed by atoms with Gasteiger partial charge in [-0.15, -0.1) is 11.8 Å². The van der Waals surface area contributed by atoms with Gasteiger partial charge in [0, 0.05) is 28.0 Å². The van der Waals surface area contributed by atoms with Crippen molar-refractivity contribution < 1.29 is 19.1 Å². The summed E-state index contributed by atoms with van der Waals surface area (Å²) in [6.45, 7) is 1.75. The van der Waals surface area contributed by atoms with E-state index in [0.29, 0.717) is 22.9 Å². The van der Waals surface area contributed by atoms with E-state index >= 15 is 0 Å². The Bertz CT molecular complexity index is 636. The Morgan fingerprint density at radius 1 is 1.45 bits per heavy atom. The number of hydrogen-bond acceptors (Lipinski definition) is 5. The number of carboxylic acid groups (broad SMARTS) is 1. The normalized spacial score (nSPS) is 10.5. The Kier molecular flexibility index (Phi) is 4.24. The summed E-state index contributed by atoms with van der Waals surface area (Å²) in [6.07, 6.45) is 0. The quantitative estimate of drug-likeness (QED) is 0.650. The number of methoxy groups -OCH3 is 1. The van der Waals surface area contributed by atoms with Gasteiger partial charge in [-0.2, -0.15) is 0 Å². The number of aryl methyl sites for hydroxylation is 1. The van der Waals surface area contributed by atoms with Crippen LogP contribution in [0.3, 0.4) is 0 Å². The highest BCUT2D eigenvalue weighted by Gasteiger charge is 2.14. The van der Waals surface area contributed by atoms with E-state index in [1.165, 1.54) is 11.8 Å². The summed E-state index contributed by atoms with van der Waals surface area (Å²) < 4.78 is 10.4. The van der Waals surface area contributed by atoms with Crippen LogP contribution in [0.25, 0.3) is 0 Å². The number of carbonyl (C=O) groups is 1. The van der Waals surface area contributed by atoms with Gasteiger partial charge >= 0.3 is 5.97 Å². The summed E-state index contributed by atoms with van der Waals surface area (Å²) in [7, 11) is 1.59. The maximum atomic E-state index is 10.8. The van der Waals surface area contributed by atoms with Gasteiger partial charge in [0.1, 0.15) is 11.5 Å². The summed E-state index contributed by atoms with van der Waals surface area (Å²) >= 11 is 1.54. The summed E-state index contributed by atoms with van der Waals surface area (Å²) in [6, 6.07) is 6.99. The Morgan fingerprint density at radius 2 is 2.20 bits per heavy atom. The molecule has 1 aromatic heterocycles. The molecule has 0 aliphatic carbocycles. The van der Waals surface area contributed by atoms with E-state index in [2.05, 4.69) is 0 Å². The molecule has 0 saturated heterocycles. The molecule has 2 aromatic rings. The lowest BCUT2D eigenvalue weighted by Gasteiger charge is -2.08. The second-order valence-corrected chi connectivity index (χ2v) is 5.21. The second-order valence-electron chi connectivity index (χ2n) is 4.20. The number of furan rings is 1. The molecule has 2 rings (SSSR count). The number of carboxylic acids is 1. The van der Waals surface area contributed by atoms with Crippen LogP contribution in [0.1, 0.15) is 21.9 Å². The first-order valence-electron chi connectivity index (χ1n) is 5.90. The molecular weight excluding hydrogens is 278 g/mol. The van der Waals surface area contributed by atoms with E-state index < -0.39 is 5.97 Å². The predicted octanol–water partition coefficient (Wildman–Crippen LogP) is 3.17. The van der Waals surface area contributed by atoms with Crippen molar-refractivity contribution in [2.75, 3.05) is 12.8 Å². The van der Waals surface area contributed by atoms with Crippen LogP contribution in [0.2, 0.25) is 0 Å². The Hall–Kier alpha value is -2.08. The molecule has 3 N–H and O–H groups in total. The molecule has 20 heavy (non-hydrogen) atoms. The molecule has 0 atom stereocenters. The molecule has 0 fully saturated rings. The zero-order valence-electron chi connectivity index (χ0n) is 11.2. The molecule has 5 nitrogen and oxygen atoms in total. The van der Waals surface area contributed by atoms with Crippen molar-refractivity contribution >= 4 is 23.4 Å². The minimum atomic E-state index is -1.06. The Labute approximate surface area is 120 Å². The van der Waals surface area contributed by atoms with Crippen molar-refractivity contribution in [3.63, 3.8) is 0 Å². The van der Waals surface area contributed by atoms with Crippen molar-refractivity contribution in [2.24, 2.45) is 0 Å². The number of aromatic carboxylic acids is 1. The zero-order valence-corrected chi connectivity index (χ0v) is 12.0. The van der Waals surface area contributed by atoms with Gasteiger partial charge in [0.2, 0.25) is 5.76 Å². The molecule has 106 valence electrons. The summed E-state index contributed by atoms with van der Waals surface area (Å²) in [5, 5.41) is 8.89. The van der Waals surface area contributed by atoms with Crippen LogP contribution in [0, 0.1) is 6.92 Å². The number of nitrogen functional groups attached to an aromatic ring is 1. The fourth-order valence-electron chi connectivity index (χ4n) is 1.73. The van der Waals surface area contributed by atoms with E-state index in [1.807, 2.05) is 6.07 Å². The monoisotopic (exact) mass is 293 g/mol. The van der Waals surface area contributed by atoms with Crippen molar-refractivity contribution in [1.29, 1.82) is 0 Å². The highest BCUT2D eigenvalue weighted by atomic mass is 32.2. The SMILES string of the molecule is COc1cc(N)ccc1SCc1cc(C(=O)O)oc1C. The maximum absolute atomic E-state index is 10.8. The van der Waals surface area contributed by atoms with Gasteiger partial charge in [-0.05, 0) is 25.1 Å². The highest BCUT2D eigenvalue weighted by Crippen LogP contribution is 2.34. The summed E-state index contributed by atoms with van der Waals surface area (Å²) in [4.78, 5) is 11.8. The van der Waals surface area contributed by atoms with E-state index in [-0.39, 0.29) is 5.76 Å². The van der Waals surface area contributed by atoms with Gasteiger partial charge < -0.3 is 20.0 Å². The second kappa shape index (κ2) is 5.92. The third kappa shape index (κ3) is 3.08. The van der Waals surface area contributed by atoms with Crippen LogP contribution >= 0.6 is 11.8 Å². The van der Waals surface area contributed by atoms with Gasteiger partial charge in [0.15, 0.2) is 0 Å². The smallest absolute Gasteiger partial charge is 0.371 e. The Morgan fingerprint density at radius 3 is 2.80 bits per heavy atom. The van der Waals surface area contributed by atoms with E-state index in [4.69, 9.17) is 20.0 Å². The fraction of sp³-hybridized carbons (Fsp3) is 0.214. The lowest BCUT2D eigenvalue weighted by Crippen LogP contribution is -1.92. The summed E-state index contributed by atoms with van der Waals surface area (Å²) in [5.74, 6) is 0.818. The number of anilines is 1. The average molecular weight is 293 g/mol. The van der Waals surface area contributed by atoms with Crippen LogP contribution < -0.4 is 10.5 Å². The number of ether oxygens (including phenoxy) is 1. The molecule has 1 aromatic carbocycles. The lowest BCUT2D eigenvalue weighted by molar-refractivity contribution is 0.0661. The first kappa shape index (κ1) is 14.3. The standard InChI is InChI=1S/C14H15NO4S/c1-8-9(5-12(19-8)14(16)17)7-20-13-4-3-10(15)6-11(13)18-2/h3-6H,7,15H2,1-2H3,(H,16,17). The molecule has 1 heterocycles. The molecule has 0 bridgehead atoms. The Balaban J connectivity index is 2.14. The topological polar surface area (TPSA) is 85.7 Å². The lowest BCUT2D eigenvalue weighted by atomic mass is 10.3. The first-order valence-corrected chi connectivity index (χ1v) is 6.88. The molecule has 0 radical (unpaired) electrons. The third-order valence-corrected chi connectivity index (χ3v) is 3.91. The molecule has 0 spiro atoms. The van der Waals surface area contributed by atoms with E-state index in [1.54, 1.807) is 32.2 Å². The number of rotatable bonds is 5. The van der Waals surface area contributed by atoms with E-state index in [0.717, 1.165) is 10.5 Å². The molecule has 0 aliphatic heterocycles. The van der Waals surface area contributed by atoms with Crippen LogP contribution in [0.5, 0.6) is 5.75 Å². The number of nitrogens with two attached hydrogens (primary N) is 1. The van der Waals surface area contributed by atoms with E-state index in [9.17, 15) is 4.79 Å². The molecule has 0 unspecified atom stereocenters. The first-order chi connectivity index (χ1) is 9.51. The minimum absolute atomic E-state index is 0.0395. The van der Waals surface area contributed by atoms with Crippen LogP contribution in [-0.2, 0) is 5.75 Å². The van der Waals surface area contributed by atoms with Crippen molar-refractivity contribution in [3.8, 4) is 5.75 Å². The maximum Gasteiger partial charge on any atom is 0.371 e. The fourth-order valence-corrected chi connectivity index (χ4v) is 2.77. The highest BCUT2D eigenvalue weighted by molar-refractivity contribution is 7.98. The largest absolute Gasteiger partial charge is 0.496 e. The zero-order chi connectivity index (χ0) is 14.7. The number of thioether (sulfide) groups is 1. The van der Waals surface area contributed by atoms with Gasteiger partial charge in [-0.1, -0.05) is 0 Å². The number of benzene rings is 1. The molecule has 0 saturated carbocycles. The van der Waals surface area contributed by atoms with Gasteiger partial charge in [-0.3, -0.25) is 0 Å². The van der Waals surface area contributed by atoms with Crippen molar-refractivity contribution in [2.45, 2.75) is 17.6 Å². The number of hydrogen-bond donors (Lipinski definition) is 2. The minimum Gasteiger partial charge on any atom is -0.496 e.